The molecule has 298 valence electrons. The van der Waals surface area contributed by atoms with Crippen LogP contribution in [-0.4, -0.2) is 58.9 Å². The first-order valence-corrected chi connectivity index (χ1v) is 21.4. The number of carbonyl (C=O) groups is 2. The highest BCUT2D eigenvalue weighted by Crippen LogP contribution is 2.42. The van der Waals surface area contributed by atoms with Crippen LogP contribution < -0.4 is 10.1 Å². The number of amides is 1. The van der Waals surface area contributed by atoms with Crippen molar-refractivity contribution in [1.82, 2.24) is 15.1 Å². The Morgan fingerprint density at radius 1 is 0.833 bits per heavy atom. The van der Waals surface area contributed by atoms with Gasteiger partial charge in [0, 0.05) is 30.9 Å². The third-order valence-electron chi connectivity index (χ3n) is 10.5. The largest absolute Gasteiger partial charge is 0.493 e. The van der Waals surface area contributed by atoms with Gasteiger partial charge in [0.05, 0.1) is 18.3 Å². The Labute approximate surface area is 331 Å². The van der Waals surface area contributed by atoms with Crippen LogP contribution in [0.15, 0.2) is 59.8 Å². The minimum Gasteiger partial charge on any atom is -0.493 e. The molecular formula is C45H67N3O5S. The Morgan fingerprint density at radius 3 is 2.04 bits per heavy atom. The van der Waals surface area contributed by atoms with E-state index in [-0.39, 0.29) is 17.3 Å². The molecule has 1 amide bonds. The molecule has 1 saturated heterocycles. The van der Waals surface area contributed by atoms with Crippen LogP contribution in [-0.2, 0) is 27.2 Å². The molecule has 0 saturated carbocycles. The highest BCUT2D eigenvalue weighted by molar-refractivity contribution is 7.80. The van der Waals surface area contributed by atoms with Crippen molar-refractivity contribution in [3.05, 3.63) is 76.5 Å². The molecule has 0 aromatic heterocycles. The van der Waals surface area contributed by atoms with Crippen LogP contribution in [0.3, 0.4) is 0 Å². The first kappa shape index (κ1) is 43.3. The number of likely N-dealkylation sites (tertiary alicyclic amines) is 1. The third-order valence-corrected chi connectivity index (χ3v) is 10.8. The second-order valence-corrected chi connectivity index (χ2v) is 15.7. The molecule has 1 N–H and O–H groups in total. The van der Waals surface area contributed by atoms with Gasteiger partial charge in [-0.05, 0) is 82.8 Å². The van der Waals surface area contributed by atoms with E-state index in [4.69, 9.17) is 26.4 Å². The van der Waals surface area contributed by atoms with Crippen LogP contribution in [0, 0.1) is 0 Å². The van der Waals surface area contributed by atoms with Crippen molar-refractivity contribution < 1.29 is 23.8 Å². The van der Waals surface area contributed by atoms with E-state index in [0.717, 1.165) is 50.0 Å². The first-order valence-electron chi connectivity index (χ1n) is 21.0. The lowest BCUT2D eigenvalue weighted by molar-refractivity contribution is -0.143. The number of carbonyl (C=O) groups excluding carboxylic acids is 2. The Morgan fingerprint density at radius 2 is 1.44 bits per heavy atom. The lowest BCUT2D eigenvalue weighted by atomic mass is 9.88. The summed E-state index contributed by atoms with van der Waals surface area (Å²) in [5.41, 5.74) is 3.98. The summed E-state index contributed by atoms with van der Waals surface area (Å²) in [5.74, 6) is 0.141. The van der Waals surface area contributed by atoms with E-state index >= 15 is 0 Å². The molecule has 2 aliphatic heterocycles. The van der Waals surface area contributed by atoms with Crippen molar-refractivity contribution in [1.29, 1.82) is 0 Å². The highest BCUT2D eigenvalue weighted by Gasteiger charge is 2.44. The van der Waals surface area contributed by atoms with Crippen LogP contribution in [0.1, 0.15) is 154 Å². The van der Waals surface area contributed by atoms with Gasteiger partial charge in [-0.3, -0.25) is 4.90 Å². The normalized spacial score (nSPS) is 16.8. The zero-order valence-corrected chi connectivity index (χ0v) is 34.7. The lowest BCUT2D eigenvalue weighted by Crippen LogP contribution is -2.52. The zero-order chi connectivity index (χ0) is 38.7. The number of rotatable bonds is 22. The fourth-order valence-electron chi connectivity index (χ4n) is 7.70. The standard InChI is InChI=1S/C45H67N3O5S/c1-6-8-9-10-11-12-13-14-15-16-17-18-22-26-37-27-23-28-39(51-7-2)41(37)42-40(43(49)52-34(3)4)35(5)46-44(54)48(42)45(50)53-38-29-31-47(32-30-38)33-36-24-20-19-21-25-36/h19-21,23-25,27-28,34,38,42H,6-18,22,26,29-33H2,1-5H3,(H,46,54). The van der Waals surface area contributed by atoms with Crippen molar-refractivity contribution in [2.45, 2.75) is 162 Å². The number of thiocarbonyl (C=S) groups is 1. The molecule has 2 heterocycles. The second kappa shape index (κ2) is 23.5. The minimum atomic E-state index is -0.865. The summed E-state index contributed by atoms with van der Waals surface area (Å²) in [7, 11) is 0. The Hall–Kier alpha value is -3.43. The molecule has 1 atom stereocenters. The number of ether oxygens (including phenoxy) is 3. The molecule has 0 spiro atoms. The van der Waals surface area contributed by atoms with Crippen LogP contribution in [0.2, 0.25) is 0 Å². The highest BCUT2D eigenvalue weighted by atomic mass is 32.1. The Bertz CT molecular complexity index is 1490. The van der Waals surface area contributed by atoms with Gasteiger partial charge in [0.25, 0.3) is 0 Å². The molecule has 9 heteroatoms. The third kappa shape index (κ3) is 13.4. The van der Waals surface area contributed by atoms with Crippen LogP contribution >= 0.6 is 12.2 Å². The number of hydrogen-bond donors (Lipinski definition) is 1. The van der Waals surface area contributed by atoms with Crippen molar-refractivity contribution in [3.8, 4) is 5.75 Å². The molecule has 2 aromatic carbocycles. The maximum absolute atomic E-state index is 14.3. The Balaban J connectivity index is 1.48. The molecule has 4 rings (SSSR count). The van der Waals surface area contributed by atoms with Gasteiger partial charge in [0.15, 0.2) is 5.11 Å². The van der Waals surface area contributed by atoms with Gasteiger partial charge in [-0.15, -0.1) is 0 Å². The molecule has 0 radical (unpaired) electrons. The molecule has 8 nitrogen and oxygen atoms in total. The Kier molecular flexibility index (Phi) is 18.8. The summed E-state index contributed by atoms with van der Waals surface area (Å²) >= 11 is 5.87. The van der Waals surface area contributed by atoms with Gasteiger partial charge < -0.3 is 19.5 Å². The van der Waals surface area contributed by atoms with E-state index < -0.39 is 18.1 Å². The van der Waals surface area contributed by atoms with Gasteiger partial charge in [-0.25, -0.2) is 14.5 Å². The van der Waals surface area contributed by atoms with Gasteiger partial charge in [0.1, 0.15) is 17.9 Å². The number of nitrogens with one attached hydrogen (secondary N) is 1. The minimum absolute atomic E-state index is 0.198. The van der Waals surface area contributed by atoms with Crippen molar-refractivity contribution in [2.24, 2.45) is 0 Å². The van der Waals surface area contributed by atoms with E-state index in [1.807, 2.05) is 45.9 Å². The topological polar surface area (TPSA) is 80.3 Å². The summed E-state index contributed by atoms with van der Waals surface area (Å²) in [6, 6.07) is 15.6. The smallest absolute Gasteiger partial charge is 0.417 e. The van der Waals surface area contributed by atoms with Crippen LogP contribution in [0.25, 0.3) is 0 Å². The van der Waals surface area contributed by atoms with Crippen molar-refractivity contribution >= 4 is 29.4 Å². The summed E-state index contributed by atoms with van der Waals surface area (Å²) in [6.07, 6.45) is 17.7. The maximum atomic E-state index is 14.3. The predicted octanol–water partition coefficient (Wildman–Crippen LogP) is 11.0. The zero-order valence-electron chi connectivity index (χ0n) is 33.8. The molecule has 54 heavy (non-hydrogen) atoms. The maximum Gasteiger partial charge on any atom is 0.417 e. The number of nitrogens with zero attached hydrogens (tertiary/aromatic N) is 2. The fourth-order valence-corrected chi connectivity index (χ4v) is 8.04. The van der Waals surface area contributed by atoms with Gasteiger partial charge in [-0.1, -0.05) is 126 Å². The van der Waals surface area contributed by atoms with Gasteiger partial charge >= 0.3 is 12.1 Å². The summed E-state index contributed by atoms with van der Waals surface area (Å²) < 4.78 is 18.3. The van der Waals surface area contributed by atoms with Gasteiger partial charge in [0.2, 0.25) is 0 Å². The number of esters is 1. The fraction of sp³-hybridized carbons (Fsp3) is 0.622. The molecule has 0 aliphatic carbocycles. The van der Waals surface area contributed by atoms with E-state index in [0.29, 0.717) is 36.5 Å². The predicted molar refractivity (Wildman–Crippen MR) is 222 cm³/mol. The van der Waals surface area contributed by atoms with E-state index in [2.05, 4.69) is 47.5 Å². The monoisotopic (exact) mass is 761 g/mol. The number of unbranched alkanes of at least 4 members (excludes halogenated alkanes) is 12. The second-order valence-electron chi connectivity index (χ2n) is 15.3. The first-order chi connectivity index (χ1) is 26.2. The molecular weight excluding hydrogens is 695 g/mol. The SMILES string of the molecule is CCCCCCCCCCCCCCCc1cccc(OCC)c1C1C(C(=O)OC(C)C)=C(C)NC(=S)N1C(=O)OC1CCN(Cc2ccccc2)CC1. The van der Waals surface area contributed by atoms with E-state index in [9.17, 15) is 9.59 Å². The summed E-state index contributed by atoms with van der Waals surface area (Å²) in [5, 5.41) is 3.34. The van der Waals surface area contributed by atoms with Crippen LogP contribution in [0.5, 0.6) is 5.75 Å². The number of allylic oxidation sites excluding steroid dienone is 1. The molecule has 1 unspecified atom stereocenters. The molecule has 1 fully saturated rings. The number of piperidine rings is 1. The quantitative estimate of drug-likeness (QED) is 0.0722. The average Bonchev–Trinajstić information content (AvgIpc) is 3.14. The van der Waals surface area contributed by atoms with E-state index in [1.165, 1.54) is 81.1 Å². The molecule has 2 aliphatic rings. The molecule has 0 bridgehead atoms. The lowest BCUT2D eigenvalue weighted by Gasteiger charge is -2.40. The molecule has 2 aromatic rings. The van der Waals surface area contributed by atoms with Crippen molar-refractivity contribution in [2.75, 3.05) is 19.7 Å². The van der Waals surface area contributed by atoms with Crippen molar-refractivity contribution in [3.63, 3.8) is 0 Å². The average molecular weight is 762 g/mol. The van der Waals surface area contributed by atoms with E-state index in [1.54, 1.807) is 0 Å². The summed E-state index contributed by atoms with van der Waals surface area (Å²) in [4.78, 5) is 32.1. The number of aryl methyl sites for hydroxylation is 1. The van der Waals surface area contributed by atoms with Gasteiger partial charge in [-0.2, -0.15) is 0 Å². The summed E-state index contributed by atoms with van der Waals surface area (Å²) in [6.45, 7) is 12.6. The number of hydrogen-bond acceptors (Lipinski definition) is 7. The number of benzene rings is 2. The van der Waals surface area contributed by atoms with Crippen LogP contribution in [0.4, 0.5) is 4.79 Å².